The molecule has 0 unspecified atom stereocenters. The zero-order valence-electron chi connectivity index (χ0n) is 9.64. The lowest BCUT2D eigenvalue weighted by atomic mass is 10.2. The number of aromatic nitrogens is 2. The number of amides is 1. The van der Waals surface area contributed by atoms with E-state index in [2.05, 4.69) is 9.97 Å². The number of rotatable bonds is 4. The molecule has 2 N–H and O–H groups in total. The molecule has 17 heavy (non-hydrogen) atoms. The predicted octanol–water partition coefficient (Wildman–Crippen LogP) is 0.968. The minimum absolute atomic E-state index is 0.0609. The van der Waals surface area contributed by atoms with Crippen LogP contribution in [0.5, 0.6) is 0 Å². The van der Waals surface area contributed by atoms with E-state index in [0.29, 0.717) is 17.4 Å². The summed E-state index contributed by atoms with van der Waals surface area (Å²) in [7, 11) is 0. The third-order valence-electron chi connectivity index (χ3n) is 2.70. The number of nitrogens with zero attached hydrogens (tertiary/aromatic N) is 3. The molecule has 1 aromatic heterocycles. The molecular formula is C11H15ClN4O. The van der Waals surface area contributed by atoms with E-state index in [1.54, 1.807) is 18.0 Å². The van der Waals surface area contributed by atoms with Crippen molar-refractivity contribution in [2.24, 2.45) is 5.73 Å². The van der Waals surface area contributed by atoms with Gasteiger partial charge in [-0.3, -0.25) is 9.78 Å². The molecule has 0 aromatic carbocycles. The van der Waals surface area contributed by atoms with Gasteiger partial charge in [0.05, 0.1) is 18.3 Å². The van der Waals surface area contributed by atoms with Crippen molar-refractivity contribution in [2.75, 3.05) is 0 Å². The summed E-state index contributed by atoms with van der Waals surface area (Å²) in [6.45, 7) is 2.08. The van der Waals surface area contributed by atoms with Crippen LogP contribution in [0.3, 0.4) is 0 Å². The Morgan fingerprint density at radius 2 is 2.24 bits per heavy atom. The number of carbonyl (C=O) groups excluding carboxylic acids is 1. The van der Waals surface area contributed by atoms with Gasteiger partial charge in [0.25, 0.3) is 0 Å². The fourth-order valence-corrected chi connectivity index (χ4v) is 1.82. The maximum atomic E-state index is 11.9. The molecule has 0 bridgehead atoms. The first-order valence-corrected chi connectivity index (χ1v) is 5.99. The smallest absolute Gasteiger partial charge is 0.239 e. The highest BCUT2D eigenvalue weighted by Crippen LogP contribution is 2.29. The van der Waals surface area contributed by atoms with E-state index in [9.17, 15) is 4.79 Å². The second-order valence-corrected chi connectivity index (χ2v) is 4.64. The maximum absolute atomic E-state index is 11.9. The lowest BCUT2D eigenvalue weighted by Gasteiger charge is -2.24. The van der Waals surface area contributed by atoms with E-state index in [-0.39, 0.29) is 11.9 Å². The van der Waals surface area contributed by atoms with Gasteiger partial charge in [-0.05, 0) is 19.8 Å². The summed E-state index contributed by atoms with van der Waals surface area (Å²) in [4.78, 5) is 21.8. The summed E-state index contributed by atoms with van der Waals surface area (Å²) >= 11 is 5.93. The quantitative estimate of drug-likeness (QED) is 0.869. The van der Waals surface area contributed by atoms with Crippen molar-refractivity contribution >= 4 is 17.5 Å². The van der Waals surface area contributed by atoms with Crippen LogP contribution in [-0.2, 0) is 11.3 Å². The Morgan fingerprint density at radius 3 is 2.76 bits per heavy atom. The number of hydrogen-bond acceptors (Lipinski definition) is 4. The summed E-state index contributed by atoms with van der Waals surface area (Å²) in [6.07, 6.45) is 5.15. The van der Waals surface area contributed by atoms with Crippen molar-refractivity contribution < 1.29 is 4.79 Å². The Kier molecular flexibility index (Phi) is 3.59. The van der Waals surface area contributed by atoms with Crippen LogP contribution in [-0.4, -0.2) is 32.9 Å². The van der Waals surface area contributed by atoms with Crippen LogP contribution in [0.1, 0.15) is 25.5 Å². The Hall–Kier alpha value is -1.20. The van der Waals surface area contributed by atoms with Gasteiger partial charge < -0.3 is 10.6 Å². The molecule has 5 nitrogen and oxygen atoms in total. The molecule has 1 amide bonds. The van der Waals surface area contributed by atoms with Crippen molar-refractivity contribution in [3.05, 3.63) is 23.2 Å². The van der Waals surface area contributed by atoms with Crippen molar-refractivity contribution in [3.8, 4) is 0 Å². The van der Waals surface area contributed by atoms with E-state index in [0.717, 1.165) is 12.8 Å². The summed E-state index contributed by atoms with van der Waals surface area (Å²) in [5.74, 6) is -0.0609. The number of hydrogen-bond donors (Lipinski definition) is 1. The summed E-state index contributed by atoms with van der Waals surface area (Å²) < 4.78 is 0. The average molecular weight is 255 g/mol. The van der Waals surface area contributed by atoms with Gasteiger partial charge in [-0.1, -0.05) is 11.6 Å². The van der Waals surface area contributed by atoms with Gasteiger partial charge in [0.15, 0.2) is 5.15 Å². The van der Waals surface area contributed by atoms with Crippen molar-refractivity contribution in [1.29, 1.82) is 0 Å². The maximum Gasteiger partial charge on any atom is 0.239 e. The first-order valence-electron chi connectivity index (χ1n) is 5.61. The summed E-state index contributed by atoms with van der Waals surface area (Å²) in [6, 6.07) is -0.211. The monoisotopic (exact) mass is 254 g/mol. The van der Waals surface area contributed by atoms with Gasteiger partial charge in [0.2, 0.25) is 5.91 Å². The molecule has 1 aliphatic rings. The Labute approximate surface area is 105 Å². The highest BCUT2D eigenvalue weighted by atomic mass is 35.5. The number of carbonyl (C=O) groups is 1. The lowest BCUT2D eigenvalue weighted by molar-refractivity contribution is -0.133. The van der Waals surface area contributed by atoms with Crippen LogP contribution in [0.2, 0.25) is 5.15 Å². The highest BCUT2D eigenvalue weighted by Gasteiger charge is 2.34. The van der Waals surface area contributed by atoms with Crippen LogP contribution in [0, 0.1) is 0 Å². The second kappa shape index (κ2) is 4.98. The molecular weight excluding hydrogens is 240 g/mol. The number of nitrogens with two attached hydrogens (primary N) is 1. The molecule has 0 spiro atoms. The van der Waals surface area contributed by atoms with Gasteiger partial charge in [0, 0.05) is 18.4 Å². The molecule has 92 valence electrons. The standard InChI is InChI=1S/C11H15ClN4O/c1-7(13)11(17)16(8-2-3-8)6-9-10(12)15-5-4-14-9/h4-5,7-8H,2-3,6,13H2,1H3/t7-/m0/s1. The van der Waals surface area contributed by atoms with Crippen LogP contribution >= 0.6 is 11.6 Å². The van der Waals surface area contributed by atoms with Crippen LogP contribution in [0.15, 0.2) is 12.4 Å². The third kappa shape index (κ3) is 2.92. The normalized spacial score (nSPS) is 16.6. The van der Waals surface area contributed by atoms with E-state index in [4.69, 9.17) is 17.3 Å². The molecule has 0 aliphatic heterocycles. The van der Waals surface area contributed by atoms with Crippen LogP contribution in [0.4, 0.5) is 0 Å². The molecule has 6 heteroatoms. The van der Waals surface area contributed by atoms with Crippen molar-refractivity contribution in [2.45, 2.75) is 38.4 Å². The van der Waals surface area contributed by atoms with Gasteiger partial charge in [-0.15, -0.1) is 0 Å². The molecule has 1 atom stereocenters. The molecule has 2 rings (SSSR count). The molecule has 0 radical (unpaired) electrons. The topological polar surface area (TPSA) is 72.1 Å². The van der Waals surface area contributed by atoms with Gasteiger partial charge in [-0.25, -0.2) is 4.98 Å². The predicted molar refractivity (Wildman–Crippen MR) is 64.3 cm³/mol. The fourth-order valence-electron chi connectivity index (χ4n) is 1.65. The van der Waals surface area contributed by atoms with Crippen molar-refractivity contribution in [1.82, 2.24) is 14.9 Å². The molecule has 1 saturated carbocycles. The van der Waals surface area contributed by atoms with Gasteiger partial charge >= 0.3 is 0 Å². The van der Waals surface area contributed by atoms with E-state index < -0.39 is 6.04 Å². The van der Waals surface area contributed by atoms with E-state index in [1.165, 1.54) is 6.20 Å². The van der Waals surface area contributed by atoms with E-state index in [1.807, 2.05) is 0 Å². The Bertz CT molecular complexity index is 420. The Balaban J connectivity index is 2.13. The minimum Gasteiger partial charge on any atom is -0.332 e. The SMILES string of the molecule is C[C@H](N)C(=O)N(Cc1nccnc1Cl)C1CC1. The number of halogens is 1. The van der Waals surface area contributed by atoms with Crippen LogP contribution < -0.4 is 5.73 Å². The molecule has 1 aromatic rings. The van der Waals surface area contributed by atoms with Crippen LogP contribution in [0.25, 0.3) is 0 Å². The summed E-state index contributed by atoms with van der Waals surface area (Å²) in [5, 5.41) is 0.343. The third-order valence-corrected chi connectivity index (χ3v) is 3.02. The lowest BCUT2D eigenvalue weighted by Crippen LogP contribution is -2.43. The second-order valence-electron chi connectivity index (χ2n) is 4.28. The summed E-state index contributed by atoms with van der Waals surface area (Å²) in [5.41, 5.74) is 6.25. The zero-order valence-corrected chi connectivity index (χ0v) is 10.4. The largest absolute Gasteiger partial charge is 0.332 e. The van der Waals surface area contributed by atoms with Gasteiger partial charge in [-0.2, -0.15) is 0 Å². The highest BCUT2D eigenvalue weighted by molar-refractivity contribution is 6.29. The molecule has 1 fully saturated rings. The molecule has 0 saturated heterocycles. The van der Waals surface area contributed by atoms with Crippen molar-refractivity contribution in [3.63, 3.8) is 0 Å². The zero-order chi connectivity index (χ0) is 12.4. The van der Waals surface area contributed by atoms with E-state index >= 15 is 0 Å². The Morgan fingerprint density at radius 1 is 1.59 bits per heavy atom. The van der Waals surface area contributed by atoms with Gasteiger partial charge in [0.1, 0.15) is 0 Å². The molecule has 1 heterocycles. The molecule has 1 aliphatic carbocycles. The first-order chi connectivity index (χ1) is 8.09. The average Bonchev–Trinajstić information content (AvgIpc) is 3.11. The first kappa shape index (κ1) is 12.3. The fraction of sp³-hybridized carbons (Fsp3) is 0.545. The minimum atomic E-state index is -0.494.